The highest BCUT2D eigenvalue weighted by molar-refractivity contribution is 5.63. The molecule has 0 bridgehead atoms. The van der Waals surface area contributed by atoms with Gasteiger partial charge in [-0.2, -0.15) is 13.2 Å². The number of aromatic nitrogens is 2. The molecule has 1 aromatic carbocycles. The summed E-state index contributed by atoms with van der Waals surface area (Å²) in [6.45, 7) is 1.75. The largest absolute Gasteiger partial charge is 0.416 e. The van der Waals surface area contributed by atoms with Crippen LogP contribution in [0.2, 0.25) is 0 Å². The van der Waals surface area contributed by atoms with Crippen molar-refractivity contribution in [3.8, 4) is 11.3 Å². The Labute approximate surface area is 126 Å². The summed E-state index contributed by atoms with van der Waals surface area (Å²) < 4.78 is 38.7. The van der Waals surface area contributed by atoms with Gasteiger partial charge < -0.3 is 5.32 Å². The molecule has 116 valence electrons. The van der Waals surface area contributed by atoms with E-state index in [4.69, 9.17) is 0 Å². The molecular formula is C16H16F3N3. The van der Waals surface area contributed by atoms with Crippen LogP contribution in [0.4, 0.5) is 13.2 Å². The summed E-state index contributed by atoms with van der Waals surface area (Å²) in [4.78, 5) is 8.68. The molecule has 0 unspecified atom stereocenters. The van der Waals surface area contributed by atoms with E-state index < -0.39 is 11.7 Å². The number of nitrogens with zero attached hydrogens (tertiary/aromatic N) is 2. The van der Waals surface area contributed by atoms with Crippen molar-refractivity contribution in [3.05, 3.63) is 47.9 Å². The molecule has 1 fully saturated rings. The second kappa shape index (κ2) is 6.04. The standard InChI is InChI=1S/C16H16F3N3/c17-16(18,19)13-5-1-3-11(9-13)14-15(22-8-7-21-14)12-4-2-6-20-10-12/h1,3,5,7-9,12,20H,2,4,6,10H2/t12-/m1/s1. The lowest BCUT2D eigenvalue weighted by molar-refractivity contribution is -0.137. The summed E-state index contributed by atoms with van der Waals surface area (Å²) in [7, 11) is 0. The molecule has 3 rings (SSSR count). The van der Waals surface area contributed by atoms with Crippen LogP contribution in [0.25, 0.3) is 11.3 Å². The fourth-order valence-electron chi connectivity index (χ4n) is 2.80. The number of piperidine rings is 1. The first-order valence-electron chi connectivity index (χ1n) is 7.25. The Hall–Kier alpha value is -1.95. The molecular weight excluding hydrogens is 291 g/mol. The summed E-state index contributed by atoms with van der Waals surface area (Å²) in [6.07, 6.45) is 0.766. The highest BCUT2D eigenvalue weighted by Crippen LogP contribution is 2.34. The molecule has 2 heterocycles. The van der Waals surface area contributed by atoms with Crippen LogP contribution in [-0.4, -0.2) is 23.1 Å². The van der Waals surface area contributed by atoms with Gasteiger partial charge in [0.25, 0.3) is 0 Å². The van der Waals surface area contributed by atoms with Gasteiger partial charge in [-0.05, 0) is 31.5 Å². The van der Waals surface area contributed by atoms with Gasteiger partial charge >= 0.3 is 6.18 Å². The Kier molecular flexibility index (Phi) is 4.11. The van der Waals surface area contributed by atoms with E-state index in [1.807, 2.05) is 0 Å². The molecule has 6 heteroatoms. The summed E-state index contributed by atoms with van der Waals surface area (Å²) >= 11 is 0. The van der Waals surface area contributed by atoms with E-state index in [1.54, 1.807) is 12.3 Å². The van der Waals surface area contributed by atoms with Gasteiger partial charge in [-0.3, -0.25) is 9.97 Å². The second-order valence-corrected chi connectivity index (χ2v) is 5.41. The normalized spacial score (nSPS) is 19.1. The van der Waals surface area contributed by atoms with E-state index >= 15 is 0 Å². The van der Waals surface area contributed by atoms with Gasteiger partial charge in [0.1, 0.15) is 0 Å². The summed E-state index contributed by atoms with van der Waals surface area (Å²) in [5, 5.41) is 3.30. The molecule has 1 N–H and O–H groups in total. The van der Waals surface area contributed by atoms with E-state index in [0.717, 1.165) is 43.8 Å². The smallest absolute Gasteiger partial charge is 0.316 e. The molecule has 1 atom stereocenters. The minimum Gasteiger partial charge on any atom is -0.316 e. The quantitative estimate of drug-likeness (QED) is 0.920. The zero-order valence-corrected chi connectivity index (χ0v) is 11.9. The lowest BCUT2D eigenvalue weighted by atomic mass is 9.92. The lowest BCUT2D eigenvalue weighted by Crippen LogP contribution is -2.29. The maximum absolute atomic E-state index is 12.9. The molecule has 0 radical (unpaired) electrons. The monoisotopic (exact) mass is 307 g/mol. The Morgan fingerprint density at radius 2 is 1.95 bits per heavy atom. The van der Waals surface area contributed by atoms with Crippen LogP contribution in [-0.2, 0) is 6.18 Å². The van der Waals surface area contributed by atoms with Gasteiger partial charge in [0.2, 0.25) is 0 Å². The van der Waals surface area contributed by atoms with Crippen LogP contribution in [0, 0.1) is 0 Å². The van der Waals surface area contributed by atoms with Crippen molar-refractivity contribution < 1.29 is 13.2 Å². The van der Waals surface area contributed by atoms with Gasteiger partial charge in [-0.15, -0.1) is 0 Å². The highest BCUT2D eigenvalue weighted by Gasteiger charge is 2.31. The first-order chi connectivity index (χ1) is 10.6. The summed E-state index contributed by atoms with van der Waals surface area (Å²) in [5.74, 6) is 0.187. The number of nitrogens with one attached hydrogen (secondary N) is 1. The minimum atomic E-state index is -4.36. The van der Waals surface area contributed by atoms with Gasteiger partial charge in [-0.1, -0.05) is 12.1 Å². The second-order valence-electron chi connectivity index (χ2n) is 5.41. The van der Waals surface area contributed by atoms with Crippen molar-refractivity contribution in [2.75, 3.05) is 13.1 Å². The van der Waals surface area contributed by atoms with Crippen molar-refractivity contribution in [1.29, 1.82) is 0 Å². The number of hydrogen-bond donors (Lipinski definition) is 1. The average Bonchev–Trinajstić information content (AvgIpc) is 2.55. The molecule has 0 amide bonds. The van der Waals surface area contributed by atoms with Crippen molar-refractivity contribution in [1.82, 2.24) is 15.3 Å². The topological polar surface area (TPSA) is 37.8 Å². The molecule has 22 heavy (non-hydrogen) atoms. The maximum Gasteiger partial charge on any atom is 0.416 e. The minimum absolute atomic E-state index is 0.187. The van der Waals surface area contributed by atoms with Gasteiger partial charge in [0.05, 0.1) is 17.0 Å². The predicted molar refractivity (Wildman–Crippen MR) is 77.3 cm³/mol. The Bertz CT molecular complexity index is 649. The van der Waals surface area contributed by atoms with Gasteiger partial charge in [0, 0.05) is 30.4 Å². The molecule has 0 saturated carbocycles. The Morgan fingerprint density at radius 3 is 2.68 bits per heavy atom. The summed E-state index contributed by atoms with van der Waals surface area (Å²) in [6, 6.07) is 5.28. The molecule has 0 aliphatic carbocycles. The van der Waals surface area contributed by atoms with E-state index in [-0.39, 0.29) is 5.92 Å². The van der Waals surface area contributed by atoms with E-state index in [9.17, 15) is 13.2 Å². The van der Waals surface area contributed by atoms with Crippen molar-refractivity contribution in [2.24, 2.45) is 0 Å². The SMILES string of the molecule is FC(F)(F)c1cccc(-c2nccnc2[C@@H]2CCCNC2)c1. The van der Waals surface area contributed by atoms with Crippen LogP contribution in [0.15, 0.2) is 36.7 Å². The zero-order chi connectivity index (χ0) is 15.6. The van der Waals surface area contributed by atoms with E-state index in [2.05, 4.69) is 15.3 Å². The van der Waals surface area contributed by atoms with Crippen LogP contribution >= 0.6 is 0 Å². The van der Waals surface area contributed by atoms with Crippen LogP contribution in [0.1, 0.15) is 30.0 Å². The number of benzene rings is 1. The van der Waals surface area contributed by atoms with Gasteiger partial charge in [0.15, 0.2) is 0 Å². The zero-order valence-electron chi connectivity index (χ0n) is 11.9. The van der Waals surface area contributed by atoms with Crippen molar-refractivity contribution >= 4 is 0 Å². The number of rotatable bonds is 2. The third kappa shape index (κ3) is 3.11. The Balaban J connectivity index is 2.01. The Morgan fingerprint density at radius 1 is 1.14 bits per heavy atom. The molecule has 1 aliphatic heterocycles. The molecule has 1 saturated heterocycles. The highest BCUT2D eigenvalue weighted by atomic mass is 19.4. The maximum atomic E-state index is 12.9. The average molecular weight is 307 g/mol. The van der Waals surface area contributed by atoms with Crippen LogP contribution in [0.3, 0.4) is 0 Å². The van der Waals surface area contributed by atoms with Crippen molar-refractivity contribution in [2.45, 2.75) is 24.9 Å². The number of halogens is 3. The fourth-order valence-corrected chi connectivity index (χ4v) is 2.80. The first-order valence-corrected chi connectivity index (χ1v) is 7.25. The summed E-state index contributed by atoms with van der Waals surface area (Å²) in [5.41, 5.74) is 1.11. The first kappa shape index (κ1) is 15.0. The predicted octanol–water partition coefficient (Wildman–Crippen LogP) is 3.63. The molecule has 0 spiro atoms. The lowest BCUT2D eigenvalue weighted by Gasteiger charge is -2.23. The van der Waals surface area contributed by atoms with Gasteiger partial charge in [-0.25, -0.2) is 0 Å². The van der Waals surface area contributed by atoms with E-state index in [0.29, 0.717) is 11.3 Å². The fraction of sp³-hybridized carbons (Fsp3) is 0.375. The van der Waals surface area contributed by atoms with Crippen molar-refractivity contribution in [3.63, 3.8) is 0 Å². The van der Waals surface area contributed by atoms with E-state index in [1.165, 1.54) is 12.3 Å². The molecule has 1 aliphatic rings. The number of hydrogen-bond acceptors (Lipinski definition) is 3. The molecule has 1 aromatic heterocycles. The molecule has 3 nitrogen and oxygen atoms in total. The third-order valence-corrected chi connectivity index (χ3v) is 3.87. The third-order valence-electron chi connectivity index (χ3n) is 3.87. The number of alkyl halides is 3. The van der Waals surface area contributed by atoms with Crippen LogP contribution < -0.4 is 5.32 Å². The molecule has 2 aromatic rings. The van der Waals surface area contributed by atoms with Crippen LogP contribution in [0.5, 0.6) is 0 Å².